The van der Waals surface area contributed by atoms with Crippen molar-refractivity contribution in [2.75, 3.05) is 12.4 Å². The summed E-state index contributed by atoms with van der Waals surface area (Å²) < 4.78 is 0. The molecule has 0 aromatic rings. The Morgan fingerprint density at radius 2 is 2.57 bits per heavy atom. The Morgan fingerprint density at radius 3 is 3.36 bits per heavy atom. The van der Waals surface area contributed by atoms with E-state index < -0.39 is 0 Å². The summed E-state index contributed by atoms with van der Waals surface area (Å²) in [5.41, 5.74) is 7.21. The molecule has 0 aromatic heterocycles. The van der Waals surface area contributed by atoms with Crippen LogP contribution < -0.4 is 11.1 Å². The van der Waals surface area contributed by atoms with Crippen LogP contribution in [-0.2, 0) is 0 Å². The van der Waals surface area contributed by atoms with Crippen molar-refractivity contribution in [1.82, 2.24) is 5.32 Å². The lowest BCUT2D eigenvalue weighted by molar-refractivity contribution is 0.389. The summed E-state index contributed by atoms with van der Waals surface area (Å²) in [4.78, 5) is 5.73. The highest BCUT2D eigenvalue weighted by atomic mass is 32.2. The summed E-state index contributed by atoms with van der Waals surface area (Å²) in [5.74, 6) is 0.880. The summed E-state index contributed by atoms with van der Waals surface area (Å²) in [6.07, 6.45) is 5.26. The minimum Gasteiger partial charge on any atom is -0.310 e. The molecule has 1 aliphatic carbocycles. The monoisotopic (exact) mass is 211 g/mol. The summed E-state index contributed by atoms with van der Waals surface area (Å²) in [5, 5.41) is 3.39. The average molecular weight is 211 g/mol. The maximum atomic E-state index is 6.25. The Hall–Kier alpha value is -0.320. The number of allylic oxidation sites excluding steroid dienone is 1. The van der Waals surface area contributed by atoms with Crippen molar-refractivity contribution < 1.29 is 0 Å². The van der Waals surface area contributed by atoms with Gasteiger partial charge in [0.05, 0.1) is 11.5 Å². The summed E-state index contributed by atoms with van der Waals surface area (Å²) >= 11 is 1.80. The molecule has 0 radical (unpaired) electrons. The highest BCUT2D eigenvalue weighted by Gasteiger charge is 2.30. The first-order valence-electron chi connectivity index (χ1n) is 5.17. The third-order valence-electron chi connectivity index (χ3n) is 2.63. The predicted molar refractivity (Wildman–Crippen MR) is 62.4 cm³/mol. The van der Waals surface area contributed by atoms with Gasteiger partial charge in [0.15, 0.2) is 0 Å². The fourth-order valence-electron chi connectivity index (χ4n) is 1.80. The first-order valence-corrected chi connectivity index (χ1v) is 6.15. The molecule has 2 rings (SSSR count). The highest BCUT2D eigenvalue weighted by Crippen LogP contribution is 2.33. The Morgan fingerprint density at radius 1 is 1.71 bits per heavy atom. The predicted octanol–water partition coefficient (Wildman–Crippen LogP) is 1.46. The van der Waals surface area contributed by atoms with Gasteiger partial charge in [0.1, 0.15) is 0 Å². The van der Waals surface area contributed by atoms with Crippen molar-refractivity contribution in [3.63, 3.8) is 0 Å². The lowest BCUT2D eigenvalue weighted by atomic mass is 9.95. The second kappa shape index (κ2) is 4.04. The lowest BCUT2D eigenvalue weighted by Gasteiger charge is -2.31. The van der Waals surface area contributed by atoms with Gasteiger partial charge in [-0.15, -0.1) is 11.8 Å². The van der Waals surface area contributed by atoms with Gasteiger partial charge in [-0.1, -0.05) is 6.92 Å². The van der Waals surface area contributed by atoms with Gasteiger partial charge in [0.25, 0.3) is 0 Å². The van der Waals surface area contributed by atoms with Crippen molar-refractivity contribution in [2.45, 2.75) is 31.8 Å². The maximum absolute atomic E-state index is 6.25. The van der Waals surface area contributed by atoms with Crippen molar-refractivity contribution >= 4 is 17.5 Å². The molecule has 2 aliphatic rings. The van der Waals surface area contributed by atoms with Crippen LogP contribution in [0, 0.1) is 0 Å². The van der Waals surface area contributed by atoms with Crippen molar-refractivity contribution in [3.05, 3.63) is 11.0 Å². The molecule has 0 spiro atoms. The zero-order chi connectivity index (χ0) is 10.0. The van der Waals surface area contributed by atoms with Crippen LogP contribution in [-0.4, -0.2) is 23.8 Å². The Balaban J connectivity index is 2.08. The van der Waals surface area contributed by atoms with E-state index in [9.17, 15) is 0 Å². The number of nitrogens with one attached hydrogen (secondary N) is 1. The lowest BCUT2D eigenvalue weighted by Crippen LogP contribution is -2.54. The van der Waals surface area contributed by atoms with Crippen LogP contribution in [0.1, 0.15) is 26.2 Å². The molecule has 0 saturated heterocycles. The molecule has 3 nitrogen and oxygen atoms in total. The summed E-state index contributed by atoms with van der Waals surface area (Å²) in [7, 11) is 0. The number of nitrogens with two attached hydrogens (primary N) is 1. The van der Waals surface area contributed by atoms with Crippen molar-refractivity contribution in [2.24, 2.45) is 10.7 Å². The highest BCUT2D eigenvalue weighted by molar-refractivity contribution is 8.04. The molecule has 0 fully saturated rings. The molecular formula is C10H17N3S. The molecule has 0 saturated carbocycles. The number of hydrogen-bond donors (Lipinski definition) is 2. The maximum Gasteiger partial charge on any atom is 0.0894 e. The molecule has 14 heavy (non-hydrogen) atoms. The molecule has 4 heteroatoms. The first kappa shape index (κ1) is 10.2. The van der Waals surface area contributed by atoms with Crippen LogP contribution in [0.5, 0.6) is 0 Å². The van der Waals surface area contributed by atoms with E-state index >= 15 is 0 Å². The second-order valence-electron chi connectivity index (χ2n) is 3.85. The largest absolute Gasteiger partial charge is 0.310 e. The number of fused-ring (bicyclic) bond motifs is 1. The number of hydrogen-bond acceptors (Lipinski definition) is 4. The Kier molecular flexibility index (Phi) is 2.95. The van der Waals surface area contributed by atoms with E-state index in [0.29, 0.717) is 0 Å². The minimum absolute atomic E-state index is 0.290. The Bertz CT molecular complexity index is 285. The van der Waals surface area contributed by atoms with Crippen LogP contribution in [0.2, 0.25) is 0 Å². The van der Waals surface area contributed by atoms with Gasteiger partial charge in [-0.05, 0) is 31.9 Å². The third kappa shape index (κ3) is 2.02. The van der Waals surface area contributed by atoms with Crippen LogP contribution in [0.15, 0.2) is 16.0 Å². The first-order chi connectivity index (χ1) is 6.73. The van der Waals surface area contributed by atoms with Gasteiger partial charge in [-0.25, -0.2) is 0 Å². The van der Waals surface area contributed by atoms with Gasteiger partial charge in [0.2, 0.25) is 0 Å². The SMILES string of the molecule is CCCNC1(N)C=C2SCN=C2CC1. The zero-order valence-corrected chi connectivity index (χ0v) is 9.36. The van der Waals surface area contributed by atoms with Crippen LogP contribution in [0.4, 0.5) is 0 Å². The van der Waals surface area contributed by atoms with Gasteiger partial charge in [0, 0.05) is 10.6 Å². The van der Waals surface area contributed by atoms with Gasteiger partial charge in [-0.3, -0.25) is 10.3 Å². The van der Waals surface area contributed by atoms with Crippen LogP contribution >= 0.6 is 11.8 Å². The quantitative estimate of drug-likeness (QED) is 0.695. The molecular weight excluding hydrogens is 194 g/mol. The van der Waals surface area contributed by atoms with E-state index in [0.717, 1.165) is 31.7 Å². The number of thioether (sulfide) groups is 1. The fraction of sp³-hybridized carbons (Fsp3) is 0.700. The van der Waals surface area contributed by atoms with E-state index in [1.165, 1.54) is 10.6 Å². The molecule has 0 amide bonds. The summed E-state index contributed by atoms with van der Waals surface area (Å²) in [6.45, 7) is 3.14. The third-order valence-corrected chi connectivity index (χ3v) is 3.55. The topological polar surface area (TPSA) is 50.4 Å². The molecule has 3 N–H and O–H groups in total. The molecule has 1 aliphatic heterocycles. The normalized spacial score (nSPS) is 31.0. The van der Waals surface area contributed by atoms with Gasteiger partial charge in [-0.2, -0.15) is 0 Å². The van der Waals surface area contributed by atoms with Crippen LogP contribution in [0.25, 0.3) is 0 Å². The smallest absolute Gasteiger partial charge is 0.0894 e. The van der Waals surface area contributed by atoms with E-state index in [1.54, 1.807) is 11.8 Å². The molecule has 1 atom stereocenters. The van der Waals surface area contributed by atoms with E-state index in [-0.39, 0.29) is 5.66 Å². The van der Waals surface area contributed by atoms with E-state index in [4.69, 9.17) is 5.73 Å². The van der Waals surface area contributed by atoms with Crippen molar-refractivity contribution in [3.8, 4) is 0 Å². The van der Waals surface area contributed by atoms with E-state index in [1.807, 2.05) is 0 Å². The molecule has 78 valence electrons. The van der Waals surface area contributed by atoms with E-state index in [2.05, 4.69) is 23.3 Å². The minimum atomic E-state index is -0.290. The Labute approximate surface area is 89.2 Å². The standard InChI is InChI=1S/C10H17N3S/c1-2-5-13-10(11)4-3-8-9(6-10)14-7-12-8/h6,13H,2-5,7,11H2,1H3. The summed E-state index contributed by atoms with van der Waals surface area (Å²) in [6, 6.07) is 0. The van der Waals surface area contributed by atoms with Crippen LogP contribution in [0.3, 0.4) is 0 Å². The molecule has 1 unspecified atom stereocenters. The van der Waals surface area contributed by atoms with Crippen molar-refractivity contribution in [1.29, 1.82) is 0 Å². The van der Waals surface area contributed by atoms with Gasteiger partial charge < -0.3 is 5.73 Å². The zero-order valence-electron chi connectivity index (χ0n) is 8.55. The number of aliphatic imine (C=N–C) groups is 1. The molecule has 0 bridgehead atoms. The average Bonchev–Trinajstić information content (AvgIpc) is 2.61. The van der Waals surface area contributed by atoms with Gasteiger partial charge >= 0.3 is 0 Å². The molecule has 0 aromatic carbocycles. The number of nitrogens with zero attached hydrogens (tertiary/aromatic N) is 1. The number of rotatable bonds is 3. The second-order valence-corrected chi connectivity index (χ2v) is 4.84. The molecule has 1 heterocycles. The fourth-order valence-corrected chi connectivity index (χ4v) is 2.78.